The van der Waals surface area contributed by atoms with E-state index in [2.05, 4.69) is 31.0 Å². The van der Waals surface area contributed by atoms with Crippen LogP contribution in [0.4, 0.5) is 0 Å². The molecule has 2 aliphatic rings. The van der Waals surface area contributed by atoms with Crippen molar-refractivity contribution in [1.82, 2.24) is 15.1 Å². The molecule has 1 amide bonds. The topological polar surface area (TPSA) is 35.6 Å². The van der Waals surface area contributed by atoms with Gasteiger partial charge in [-0.15, -0.1) is 0 Å². The number of nitrogens with zero attached hydrogens (tertiary/aromatic N) is 2. The van der Waals surface area contributed by atoms with Gasteiger partial charge in [0.05, 0.1) is 5.54 Å². The molecule has 2 fully saturated rings. The largest absolute Gasteiger partial charge is 0.343 e. The SMILES string of the molecule is CCCNC1CCC(N2CCN(C)C(=O)C2(C)C)CC1. The maximum atomic E-state index is 12.4. The summed E-state index contributed by atoms with van der Waals surface area (Å²) in [6.45, 7) is 9.42. The van der Waals surface area contributed by atoms with Gasteiger partial charge in [-0.1, -0.05) is 6.92 Å². The molecule has 1 heterocycles. The molecule has 1 saturated heterocycles. The number of likely N-dealkylation sites (N-methyl/N-ethyl adjacent to an activating group) is 1. The summed E-state index contributed by atoms with van der Waals surface area (Å²) in [5, 5.41) is 3.64. The molecule has 0 aromatic heterocycles. The monoisotopic (exact) mass is 281 g/mol. The fourth-order valence-corrected chi connectivity index (χ4v) is 3.81. The van der Waals surface area contributed by atoms with E-state index in [0.717, 1.165) is 19.6 Å². The zero-order valence-electron chi connectivity index (χ0n) is 13.6. The van der Waals surface area contributed by atoms with Gasteiger partial charge in [0.2, 0.25) is 5.91 Å². The van der Waals surface area contributed by atoms with Crippen LogP contribution in [0, 0.1) is 0 Å². The molecular weight excluding hydrogens is 250 g/mol. The first-order chi connectivity index (χ1) is 9.46. The Morgan fingerprint density at radius 1 is 1.20 bits per heavy atom. The van der Waals surface area contributed by atoms with Crippen LogP contribution in [-0.2, 0) is 4.79 Å². The van der Waals surface area contributed by atoms with E-state index in [1.807, 2.05) is 11.9 Å². The zero-order valence-corrected chi connectivity index (χ0v) is 13.6. The second-order valence-corrected chi connectivity index (χ2v) is 6.94. The summed E-state index contributed by atoms with van der Waals surface area (Å²) in [5.41, 5.74) is -0.332. The summed E-state index contributed by atoms with van der Waals surface area (Å²) in [7, 11) is 1.92. The Hall–Kier alpha value is -0.610. The fraction of sp³-hybridized carbons (Fsp3) is 0.938. The standard InChI is InChI=1S/C16H31N3O/c1-5-10-17-13-6-8-14(9-7-13)19-12-11-18(4)15(20)16(19,2)3/h13-14,17H,5-12H2,1-4H3. The molecule has 0 unspecified atom stereocenters. The second-order valence-electron chi connectivity index (χ2n) is 6.94. The maximum absolute atomic E-state index is 12.4. The number of hydrogen-bond acceptors (Lipinski definition) is 3. The van der Waals surface area contributed by atoms with Crippen molar-refractivity contribution in [2.45, 2.75) is 70.5 Å². The van der Waals surface area contributed by atoms with Gasteiger partial charge in [-0.05, 0) is 52.5 Å². The Morgan fingerprint density at radius 3 is 2.45 bits per heavy atom. The van der Waals surface area contributed by atoms with Crippen LogP contribution in [-0.4, -0.2) is 60.0 Å². The lowest BCUT2D eigenvalue weighted by molar-refractivity contribution is -0.150. The fourth-order valence-electron chi connectivity index (χ4n) is 3.81. The first kappa shape index (κ1) is 15.8. The molecule has 0 aromatic carbocycles. The Bertz CT molecular complexity index is 335. The molecule has 0 spiro atoms. The Labute approximate surface area is 123 Å². The molecule has 0 radical (unpaired) electrons. The van der Waals surface area contributed by atoms with Crippen molar-refractivity contribution in [1.29, 1.82) is 0 Å². The number of nitrogens with one attached hydrogen (secondary N) is 1. The Morgan fingerprint density at radius 2 is 1.85 bits per heavy atom. The number of carbonyl (C=O) groups excluding carboxylic acids is 1. The Balaban J connectivity index is 1.91. The number of piperazine rings is 1. The van der Waals surface area contributed by atoms with E-state index in [-0.39, 0.29) is 11.4 Å². The summed E-state index contributed by atoms with van der Waals surface area (Å²) < 4.78 is 0. The summed E-state index contributed by atoms with van der Waals surface area (Å²) in [5.74, 6) is 0.273. The van der Waals surface area contributed by atoms with Crippen LogP contribution >= 0.6 is 0 Å². The molecule has 1 saturated carbocycles. The summed E-state index contributed by atoms with van der Waals surface area (Å²) in [4.78, 5) is 16.7. The molecule has 1 N–H and O–H groups in total. The third kappa shape index (κ3) is 3.17. The first-order valence-corrected chi connectivity index (χ1v) is 8.22. The van der Waals surface area contributed by atoms with Crippen LogP contribution < -0.4 is 5.32 Å². The highest BCUT2D eigenvalue weighted by atomic mass is 16.2. The van der Waals surface area contributed by atoms with Gasteiger partial charge in [-0.25, -0.2) is 0 Å². The molecule has 0 aromatic rings. The van der Waals surface area contributed by atoms with E-state index >= 15 is 0 Å². The summed E-state index contributed by atoms with van der Waals surface area (Å²) in [6, 6.07) is 1.28. The van der Waals surface area contributed by atoms with Crippen molar-refractivity contribution in [3.8, 4) is 0 Å². The van der Waals surface area contributed by atoms with Crippen LogP contribution in [0.3, 0.4) is 0 Å². The van der Waals surface area contributed by atoms with Crippen LogP contribution in [0.15, 0.2) is 0 Å². The smallest absolute Gasteiger partial charge is 0.242 e. The molecule has 4 nitrogen and oxygen atoms in total. The van der Waals surface area contributed by atoms with Crippen LogP contribution in [0.25, 0.3) is 0 Å². The van der Waals surface area contributed by atoms with Crippen molar-refractivity contribution >= 4 is 5.91 Å². The lowest BCUT2D eigenvalue weighted by Gasteiger charge is -2.50. The van der Waals surface area contributed by atoms with E-state index in [1.54, 1.807) is 0 Å². The quantitative estimate of drug-likeness (QED) is 0.854. The summed E-state index contributed by atoms with van der Waals surface area (Å²) >= 11 is 0. The average molecular weight is 281 g/mol. The van der Waals surface area contributed by atoms with Gasteiger partial charge in [0.25, 0.3) is 0 Å². The average Bonchev–Trinajstić information content (AvgIpc) is 2.44. The van der Waals surface area contributed by atoms with Gasteiger partial charge < -0.3 is 10.2 Å². The molecule has 1 aliphatic carbocycles. The minimum absolute atomic E-state index is 0.273. The van der Waals surface area contributed by atoms with Crippen molar-refractivity contribution in [2.75, 3.05) is 26.7 Å². The number of hydrogen-bond donors (Lipinski definition) is 1. The van der Waals surface area contributed by atoms with Crippen LogP contribution in [0.5, 0.6) is 0 Å². The van der Waals surface area contributed by atoms with E-state index in [9.17, 15) is 4.79 Å². The third-order valence-corrected chi connectivity index (χ3v) is 5.08. The predicted octanol–water partition coefficient (Wildman–Crippen LogP) is 1.85. The normalized spacial score (nSPS) is 31.6. The molecule has 1 aliphatic heterocycles. The van der Waals surface area contributed by atoms with E-state index < -0.39 is 0 Å². The van der Waals surface area contributed by atoms with Gasteiger partial charge in [0.1, 0.15) is 0 Å². The van der Waals surface area contributed by atoms with Gasteiger partial charge in [-0.2, -0.15) is 0 Å². The predicted molar refractivity (Wildman–Crippen MR) is 82.8 cm³/mol. The number of rotatable bonds is 4. The molecule has 116 valence electrons. The lowest BCUT2D eigenvalue weighted by atomic mass is 9.86. The van der Waals surface area contributed by atoms with E-state index in [0.29, 0.717) is 12.1 Å². The van der Waals surface area contributed by atoms with Crippen LogP contribution in [0.1, 0.15) is 52.9 Å². The van der Waals surface area contributed by atoms with Gasteiger partial charge >= 0.3 is 0 Å². The Kier molecular flexibility index (Phi) is 5.08. The molecule has 4 heteroatoms. The molecule has 0 bridgehead atoms. The zero-order chi connectivity index (χ0) is 14.8. The third-order valence-electron chi connectivity index (χ3n) is 5.08. The minimum Gasteiger partial charge on any atom is -0.343 e. The highest BCUT2D eigenvalue weighted by Gasteiger charge is 2.44. The lowest BCUT2D eigenvalue weighted by Crippen LogP contribution is -2.65. The minimum atomic E-state index is -0.332. The number of carbonyl (C=O) groups is 1. The molecular formula is C16H31N3O. The molecule has 20 heavy (non-hydrogen) atoms. The van der Waals surface area contributed by atoms with Crippen molar-refractivity contribution in [3.05, 3.63) is 0 Å². The van der Waals surface area contributed by atoms with Crippen molar-refractivity contribution < 1.29 is 4.79 Å². The maximum Gasteiger partial charge on any atom is 0.242 e. The highest BCUT2D eigenvalue weighted by Crippen LogP contribution is 2.31. The van der Waals surface area contributed by atoms with Gasteiger partial charge in [0.15, 0.2) is 0 Å². The van der Waals surface area contributed by atoms with E-state index in [4.69, 9.17) is 0 Å². The molecule has 2 rings (SSSR count). The van der Waals surface area contributed by atoms with Gasteiger partial charge in [0, 0.05) is 32.2 Å². The molecule has 0 atom stereocenters. The second kappa shape index (κ2) is 6.44. The van der Waals surface area contributed by atoms with Crippen molar-refractivity contribution in [2.24, 2.45) is 0 Å². The van der Waals surface area contributed by atoms with Crippen LogP contribution in [0.2, 0.25) is 0 Å². The van der Waals surface area contributed by atoms with Gasteiger partial charge in [-0.3, -0.25) is 9.69 Å². The van der Waals surface area contributed by atoms with E-state index in [1.165, 1.54) is 32.1 Å². The summed E-state index contributed by atoms with van der Waals surface area (Å²) in [6.07, 6.45) is 6.16. The highest BCUT2D eigenvalue weighted by molar-refractivity contribution is 5.86. The first-order valence-electron chi connectivity index (χ1n) is 8.22. The number of amides is 1. The van der Waals surface area contributed by atoms with Crippen molar-refractivity contribution in [3.63, 3.8) is 0 Å².